The molecule has 3 fully saturated rings. The highest BCUT2D eigenvalue weighted by Gasteiger charge is 2.07. The van der Waals surface area contributed by atoms with Gasteiger partial charge in [-0.05, 0) is 54.1 Å². The maximum Gasteiger partial charge on any atom is 0.0594 e. The second-order valence-electron chi connectivity index (χ2n) is 6.89. The molecule has 0 aliphatic carbocycles. The minimum absolute atomic E-state index is 0.913. The lowest BCUT2D eigenvalue weighted by atomic mass is 10.1. The second-order valence-corrected chi connectivity index (χ2v) is 6.89. The van der Waals surface area contributed by atoms with Gasteiger partial charge in [-0.25, -0.2) is 0 Å². The number of morpholine rings is 1. The number of hydrogen-bond donors (Lipinski definition) is 0. The second kappa shape index (κ2) is 16.3. The van der Waals surface area contributed by atoms with E-state index in [4.69, 9.17) is 4.74 Å². The van der Waals surface area contributed by atoms with E-state index in [-0.39, 0.29) is 0 Å². The van der Waals surface area contributed by atoms with Gasteiger partial charge in [0.05, 0.1) is 13.2 Å². The van der Waals surface area contributed by atoms with E-state index in [2.05, 4.69) is 47.8 Å². The lowest BCUT2D eigenvalue weighted by Gasteiger charge is -2.28. The number of piperazine rings is 1. The van der Waals surface area contributed by atoms with Crippen molar-refractivity contribution in [2.75, 3.05) is 93.8 Å². The van der Waals surface area contributed by atoms with Crippen molar-refractivity contribution >= 4 is 0 Å². The van der Waals surface area contributed by atoms with Crippen LogP contribution in [0.1, 0.15) is 33.1 Å². The van der Waals surface area contributed by atoms with Gasteiger partial charge in [-0.15, -0.1) is 0 Å². The normalized spacial score (nSPS) is 23.8. The Bertz CT molecular complexity index is 220. The molecular formula is C19H44N4O. The molecule has 0 saturated carbocycles. The molecule has 0 aromatic carbocycles. The lowest BCUT2D eigenvalue weighted by Crippen LogP contribution is -2.42. The number of nitrogens with zero attached hydrogens (tertiary/aromatic N) is 4. The topological polar surface area (TPSA) is 22.2 Å². The Labute approximate surface area is 151 Å². The third-order valence-corrected chi connectivity index (χ3v) is 4.54. The van der Waals surface area contributed by atoms with E-state index in [1.54, 1.807) is 0 Å². The van der Waals surface area contributed by atoms with Crippen LogP contribution in [0, 0.1) is 0 Å². The van der Waals surface area contributed by atoms with Gasteiger partial charge in [0.2, 0.25) is 0 Å². The van der Waals surface area contributed by atoms with Crippen molar-refractivity contribution in [1.82, 2.24) is 19.6 Å². The molecule has 0 unspecified atom stereocenters. The number of likely N-dealkylation sites (tertiary alicyclic amines) is 1. The van der Waals surface area contributed by atoms with Crippen LogP contribution in [-0.2, 0) is 4.74 Å². The molecule has 0 atom stereocenters. The van der Waals surface area contributed by atoms with Crippen LogP contribution >= 0.6 is 0 Å². The summed E-state index contributed by atoms with van der Waals surface area (Å²) in [6.07, 6.45) is 4.28. The van der Waals surface area contributed by atoms with Gasteiger partial charge in [0.15, 0.2) is 0 Å². The molecule has 0 radical (unpaired) electrons. The number of hydrogen-bond acceptors (Lipinski definition) is 5. The van der Waals surface area contributed by atoms with Crippen LogP contribution in [0.4, 0.5) is 0 Å². The SMILES string of the molecule is CC.CN1CCCCC1.CN1CCN(C)CC1.CN1CCOCC1. The Morgan fingerprint density at radius 2 is 0.792 bits per heavy atom. The average molecular weight is 345 g/mol. The Hall–Kier alpha value is -0.200. The first-order valence-corrected chi connectivity index (χ1v) is 9.90. The van der Waals surface area contributed by atoms with E-state index in [1.165, 1.54) is 58.5 Å². The summed E-state index contributed by atoms with van der Waals surface area (Å²) in [6.45, 7) is 15.6. The molecule has 0 amide bonds. The maximum absolute atomic E-state index is 5.10. The van der Waals surface area contributed by atoms with Crippen molar-refractivity contribution < 1.29 is 4.74 Å². The molecular weight excluding hydrogens is 300 g/mol. The van der Waals surface area contributed by atoms with Crippen LogP contribution < -0.4 is 0 Å². The van der Waals surface area contributed by atoms with Gasteiger partial charge in [0.25, 0.3) is 0 Å². The molecule has 3 heterocycles. The van der Waals surface area contributed by atoms with Crippen molar-refractivity contribution in [2.24, 2.45) is 0 Å². The Morgan fingerprint density at radius 3 is 1.04 bits per heavy atom. The molecule has 3 aliphatic rings. The molecule has 3 rings (SSSR count). The highest BCUT2D eigenvalue weighted by atomic mass is 16.5. The molecule has 0 bridgehead atoms. The van der Waals surface area contributed by atoms with E-state index in [0.717, 1.165) is 26.3 Å². The monoisotopic (exact) mass is 344 g/mol. The highest BCUT2D eigenvalue weighted by molar-refractivity contribution is 4.64. The van der Waals surface area contributed by atoms with Crippen molar-refractivity contribution in [1.29, 1.82) is 0 Å². The van der Waals surface area contributed by atoms with Gasteiger partial charge in [-0.1, -0.05) is 20.3 Å². The van der Waals surface area contributed by atoms with Gasteiger partial charge >= 0.3 is 0 Å². The quantitative estimate of drug-likeness (QED) is 0.668. The maximum atomic E-state index is 5.10. The summed E-state index contributed by atoms with van der Waals surface area (Å²) >= 11 is 0. The summed E-state index contributed by atoms with van der Waals surface area (Å²) in [5.74, 6) is 0. The Morgan fingerprint density at radius 1 is 0.458 bits per heavy atom. The lowest BCUT2D eigenvalue weighted by molar-refractivity contribution is 0.0503. The Kier molecular flexibility index (Phi) is 16.1. The van der Waals surface area contributed by atoms with Gasteiger partial charge in [-0.2, -0.15) is 0 Å². The molecule has 0 aromatic rings. The number of rotatable bonds is 0. The zero-order valence-electron chi connectivity index (χ0n) is 17.4. The van der Waals surface area contributed by atoms with E-state index < -0.39 is 0 Å². The molecule has 0 N–H and O–H groups in total. The summed E-state index contributed by atoms with van der Waals surface area (Å²) < 4.78 is 5.10. The van der Waals surface area contributed by atoms with Gasteiger partial charge in [-0.3, -0.25) is 0 Å². The van der Waals surface area contributed by atoms with Crippen molar-refractivity contribution in [3.05, 3.63) is 0 Å². The smallest absolute Gasteiger partial charge is 0.0594 e. The summed E-state index contributed by atoms with van der Waals surface area (Å²) in [4.78, 5) is 9.38. The van der Waals surface area contributed by atoms with Crippen molar-refractivity contribution in [3.63, 3.8) is 0 Å². The zero-order valence-corrected chi connectivity index (χ0v) is 17.4. The molecule has 24 heavy (non-hydrogen) atoms. The number of likely N-dealkylation sites (N-methyl/N-ethyl adjacent to an activating group) is 3. The summed E-state index contributed by atoms with van der Waals surface area (Å²) in [5.41, 5.74) is 0. The molecule has 5 nitrogen and oxygen atoms in total. The first-order chi connectivity index (χ1) is 11.6. The summed E-state index contributed by atoms with van der Waals surface area (Å²) in [5, 5.41) is 0. The minimum atomic E-state index is 0.913. The van der Waals surface area contributed by atoms with E-state index in [1.807, 2.05) is 13.8 Å². The molecule has 5 heteroatoms. The summed E-state index contributed by atoms with van der Waals surface area (Å²) in [6, 6.07) is 0. The molecule has 146 valence electrons. The third-order valence-electron chi connectivity index (χ3n) is 4.54. The summed E-state index contributed by atoms with van der Waals surface area (Å²) in [7, 11) is 8.65. The van der Waals surface area contributed by atoms with Crippen LogP contribution in [0.25, 0.3) is 0 Å². The molecule has 3 aliphatic heterocycles. The largest absolute Gasteiger partial charge is 0.379 e. The zero-order chi connectivity index (χ0) is 18.2. The van der Waals surface area contributed by atoms with E-state index in [9.17, 15) is 0 Å². The predicted molar refractivity (Wildman–Crippen MR) is 106 cm³/mol. The fraction of sp³-hybridized carbons (Fsp3) is 1.00. The third kappa shape index (κ3) is 14.2. The predicted octanol–water partition coefficient (Wildman–Crippen LogP) is 1.94. The molecule has 3 saturated heterocycles. The van der Waals surface area contributed by atoms with Crippen molar-refractivity contribution in [3.8, 4) is 0 Å². The fourth-order valence-corrected chi connectivity index (χ4v) is 2.61. The van der Waals surface area contributed by atoms with Crippen LogP contribution in [0.15, 0.2) is 0 Å². The average Bonchev–Trinajstić information content (AvgIpc) is 2.62. The molecule has 0 spiro atoms. The number of ether oxygens (including phenoxy) is 1. The van der Waals surface area contributed by atoms with Crippen LogP contribution in [0.3, 0.4) is 0 Å². The van der Waals surface area contributed by atoms with Crippen LogP contribution in [0.5, 0.6) is 0 Å². The van der Waals surface area contributed by atoms with Crippen molar-refractivity contribution in [2.45, 2.75) is 33.1 Å². The standard InChI is InChI=1S/C6H14N2.C6H13N.C5H11NO.C2H6/c1-7-3-5-8(2)6-4-7;1-7-5-3-2-4-6-7;1-6-2-4-7-5-3-6;1-2/h3-6H2,1-2H3;2-6H2,1H3;2-5H2,1H3;1-2H3. The fourth-order valence-electron chi connectivity index (χ4n) is 2.61. The van der Waals surface area contributed by atoms with Gasteiger partial charge < -0.3 is 24.3 Å². The van der Waals surface area contributed by atoms with Gasteiger partial charge in [0, 0.05) is 39.3 Å². The highest BCUT2D eigenvalue weighted by Crippen LogP contribution is 2.04. The first kappa shape index (κ1) is 23.8. The first-order valence-electron chi connectivity index (χ1n) is 9.90. The van der Waals surface area contributed by atoms with Gasteiger partial charge in [0.1, 0.15) is 0 Å². The van der Waals surface area contributed by atoms with Crippen LogP contribution in [-0.4, -0.2) is 113 Å². The van der Waals surface area contributed by atoms with E-state index in [0.29, 0.717) is 0 Å². The van der Waals surface area contributed by atoms with E-state index >= 15 is 0 Å². The Balaban J connectivity index is 0.000000315. The van der Waals surface area contributed by atoms with Crippen LogP contribution in [0.2, 0.25) is 0 Å². The molecule has 0 aromatic heterocycles. The number of piperidine rings is 1. The minimum Gasteiger partial charge on any atom is -0.379 e.